The lowest BCUT2D eigenvalue weighted by Crippen LogP contribution is -2.55. The fraction of sp³-hybridized carbons (Fsp3) is 0.462. The summed E-state index contributed by atoms with van der Waals surface area (Å²) in [6.45, 7) is 1.37. The van der Waals surface area contributed by atoms with E-state index in [1.807, 2.05) is 48.5 Å². The molecule has 1 heterocycles. The summed E-state index contributed by atoms with van der Waals surface area (Å²) in [5, 5.41) is 24.6. The van der Waals surface area contributed by atoms with E-state index in [9.17, 15) is 15.2 Å². The van der Waals surface area contributed by atoms with Gasteiger partial charge in [0.25, 0.3) is 0 Å². The molecule has 2 aromatic carbocycles. The van der Waals surface area contributed by atoms with Crippen molar-refractivity contribution in [2.24, 2.45) is 17.8 Å². The van der Waals surface area contributed by atoms with Crippen molar-refractivity contribution >= 4 is 5.78 Å². The van der Waals surface area contributed by atoms with E-state index in [1.165, 1.54) is 0 Å². The molecule has 6 nitrogen and oxygen atoms in total. The lowest BCUT2D eigenvalue weighted by Gasteiger charge is -2.44. The second kappa shape index (κ2) is 9.32. The van der Waals surface area contributed by atoms with Gasteiger partial charge < -0.3 is 19.9 Å². The Morgan fingerprint density at radius 2 is 1.94 bits per heavy atom. The second-order valence-corrected chi connectivity index (χ2v) is 8.93. The minimum absolute atomic E-state index is 0.00397. The maximum atomic E-state index is 14.3. The highest BCUT2D eigenvalue weighted by Gasteiger charge is 2.55. The van der Waals surface area contributed by atoms with Gasteiger partial charge in [-0.3, -0.25) is 4.79 Å². The van der Waals surface area contributed by atoms with Crippen LogP contribution in [0.2, 0.25) is 0 Å². The molecule has 2 fully saturated rings. The van der Waals surface area contributed by atoms with Crippen LogP contribution in [-0.4, -0.2) is 43.8 Å². The highest BCUT2D eigenvalue weighted by molar-refractivity contribution is 5.97. The van der Waals surface area contributed by atoms with Crippen LogP contribution in [0.1, 0.15) is 36.3 Å². The molecule has 1 unspecified atom stereocenters. The third-order valence-electron chi connectivity index (χ3n) is 7.16. The van der Waals surface area contributed by atoms with Gasteiger partial charge in [0, 0.05) is 24.4 Å². The maximum Gasteiger partial charge on any atom is 0.176 e. The van der Waals surface area contributed by atoms with E-state index < -0.39 is 11.5 Å². The Morgan fingerprint density at radius 1 is 1.19 bits per heavy atom. The Morgan fingerprint density at radius 3 is 2.62 bits per heavy atom. The first-order chi connectivity index (χ1) is 15.5. The summed E-state index contributed by atoms with van der Waals surface area (Å²) in [7, 11) is 3.19. The number of nitriles is 1. The highest BCUT2D eigenvalue weighted by Crippen LogP contribution is 2.48. The normalized spacial score (nSPS) is 27.8. The first-order valence-electron chi connectivity index (χ1n) is 11.1. The number of hydrogen-bond acceptors (Lipinski definition) is 6. The molecule has 1 saturated carbocycles. The van der Waals surface area contributed by atoms with Crippen molar-refractivity contribution in [3.05, 3.63) is 59.7 Å². The van der Waals surface area contributed by atoms with Crippen LogP contribution in [0, 0.1) is 29.1 Å². The van der Waals surface area contributed by atoms with Gasteiger partial charge in [-0.05, 0) is 55.0 Å². The third-order valence-corrected chi connectivity index (χ3v) is 7.16. The van der Waals surface area contributed by atoms with E-state index in [1.54, 1.807) is 14.2 Å². The van der Waals surface area contributed by atoms with Gasteiger partial charge in [0.2, 0.25) is 0 Å². The number of hydrogen-bond donors (Lipinski definition) is 2. The van der Waals surface area contributed by atoms with Gasteiger partial charge in [-0.25, -0.2) is 0 Å². The molecule has 32 heavy (non-hydrogen) atoms. The van der Waals surface area contributed by atoms with Crippen LogP contribution in [0.15, 0.2) is 48.5 Å². The summed E-state index contributed by atoms with van der Waals surface area (Å²) in [6.07, 6.45) is 1.52. The number of ether oxygens (including phenoxy) is 2. The first kappa shape index (κ1) is 22.3. The number of aliphatic hydroxyl groups is 1. The number of benzene rings is 2. The molecule has 168 valence electrons. The Balaban J connectivity index is 1.80. The molecule has 0 spiro atoms. The number of para-hydroxylation sites is 1. The van der Waals surface area contributed by atoms with Crippen LogP contribution < -0.4 is 14.8 Å². The quantitative estimate of drug-likeness (QED) is 0.695. The molecule has 6 heteroatoms. The van der Waals surface area contributed by atoms with Gasteiger partial charge in [0.1, 0.15) is 17.1 Å². The molecular weight excluding hydrogens is 404 g/mol. The van der Waals surface area contributed by atoms with E-state index >= 15 is 0 Å². The molecule has 2 aliphatic rings. The molecule has 0 bridgehead atoms. The molecule has 1 aliphatic heterocycles. The molecule has 0 radical (unpaired) electrons. The van der Waals surface area contributed by atoms with E-state index in [0.29, 0.717) is 30.9 Å². The zero-order valence-electron chi connectivity index (χ0n) is 18.6. The largest absolute Gasteiger partial charge is 0.497 e. The number of nitrogens with zero attached hydrogens (tertiary/aromatic N) is 1. The average Bonchev–Trinajstić information content (AvgIpc) is 3.30. The number of Topliss-reactive ketones (excluding diaryl/α,β-unsaturated/α-hetero) is 1. The van der Waals surface area contributed by atoms with Gasteiger partial charge in [-0.1, -0.05) is 30.3 Å². The second-order valence-electron chi connectivity index (χ2n) is 8.93. The molecule has 2 N–H and O–H groups in total. The Bertz CT molecular complexity index is 1000. The fourth-order valence-electron chi connectivity index (χ4n) is 5.63. The number of rotatable bonds is 7. The molecule has 1 saturated heterocycles. The van der Waals surface area contributed by atoms with Crippen molar-refractivity contribution < 1.29 is 19.4 Å². The van der Waals surface area contributed by atoms with Crippen LogP contribution in [0.25, 0.3) is 0 Å². The zero-order valence-corrected chi connectivity index (χ0v) is 18.6. The number of ketones is 1. The standard InChI is InChI=1S/C26H30N2O4/c1-31-20-9-7-18(8-10-20)24(21-5-3-4-6-23(21)32-2)25(29)26(30)14-17(11-12-27)13-19-15-28-16-22(19)26/h3-10,17,19,22,24,28,30H,11,13-16H2,1-2H3/t17-,19+,22-,24?,26+/m1/s1. The van der Waals surface area contributed by atoms with Crippen molar-refractivity contribution in [3.8, 4) is 17.6 Å². The molecule has 5 atom stereocenters. The van der Waals surface area contributed by atoms with E-state index in [4.69, 9.17) is 9.47 Å². The van der Waals surface area contributed by atoms with Gasteiger partial charge in [0.15, 0.2) is 5.78 Å². The smallest absolute Gasteiger partial charge is 0.176 e. The summed E-state index contributed by atoms with van der Waals surface area (Å²) in [5.41, 5.74) is -0.0125. The van der Waals surface area contributed by atoms with Crippen molar-refractivity contribution in [1.82, 2.24) is 5.32 Å². The molecule has 0 aromatic heterocycles. The number of nitrogens with one attached hydrogen (secondary N) is 1. The van der Waals surface area contributed by atoms with Gasteiger partial charge >= 0.3 is 0 Å². The summed E-state index contributed by atoms with van der Waals surface area (Å²) >= 11 is 0. The number of carbonyl (C=O) groups excluding carboxylic acids is 1. The van der Waals surface area contributed by atoms with Crippen molar-refractivity contribution in [2.75, 3.05) is 27.3 Å². The molecule has 2 aromatic rings. The number of carbonyl (C=O) groups is 1. The fourth-order valence-corrected chi connectivity index (χ4v) is 5.63. The predicted octanol–water partition coefficient (Wildman–Crippen LogP) is 3.30. The van der Waals surface area contributed by atoms with Crippen LogP contribution in [0.4, 0.5) is 0 Å². The molecular formula is C26H30N2O4. The van der Waals surface area contributed by atoms with Gasteiger partial charge in [0.05, 0.1) is 26.2 Å². The monoisotopic (exact) mass is 434 g/mol. The zero-order chi connectivity index (χ0) is 22.7. The topological polar surface area (TPSA) is 91.6 Å². The van der Waals surface area contributed by atoms with Crippen LogP contribution in [0.5, 0.6) is 11.5 Å². The SMILES string of the molecule is COc1ccc(C(C(=O)[C@]2(O)C[C@H](CC#N)C[C@H]3CNC[C@H]32)c2ccccc2OC)cc1. The lowest BCUT2D eigenvalue weighted by atomic mass is 9.61. The molecule has 0 amide bonds. The van der Waals surface area contributed by atoms with Crippen molar-refractivity contribution in [3.63, 3.8) is 0 Å². The van der Waals surface area contributed by atoms with Crippen LogP contribution >= 0.6 is 0 Å². The summed E-state index contributed by atoms with van der Waals surface area (Å²) in [6, 6.07) is 17.1. The maximum absolute atomic E-state index is 14.3. The van der Waals surface area contributed by atoms with E-state index in [-0.39, 0.29) is 23.5 Å². The first-order valence-corrected chi connectivity index (χ1v) is 11.1. The number of methoxy groups -OCH3 is 2. The van der Waals surface area contributed by atoms with Crippen molar-refractivity contribution in [1.29, 1.82) is 5.26 Å². The highest BCUT2D eigenvalue weighted by atomic mass is 16.5. The van der Waals surface area contributed by atoms with Gasteiger partial charge in [-0.15, -0.1) is 0 Å². The Kier molecular flexibility index (Phi) is 6.50. The Hall–Kier alpha value is -2.88. The minimum atomic E-state index is -1.51. The van der Waals surface area contributed by atoms with E-state index in [2.05, 4.69) is 11.4 Å². The van der Waals surface area contributed by atoms with Crippen LogP contribution in [-0.2, 0) is 4.79 Å². The minimum Gasteiger partial charge on any atom is -0.497 e. The van der Waals surface area contributed by atoms with Crippen LogP contribution in [0.3, 0.4) is 0 Å². The third kappa shape index (κ3) is 3.99. The average molecular weight is 435 g/mol. The molecule has 4 rings (SSSR count). The lowest BCUT2D eigenvalue weighted by molar-refractivity contribution is -0.153. The molecule has 1 aliphatic carbocycles. The number of fused-ring (bicyclic) bond motifs is 1. The predicted molar refractivity (Wildman–Crippen MR) is 121 cm³/mol. The summed E-state index contributed by atoms with van der Waals surface area (Å²) in [4.78, 5) is 14.3. The van der Waals surface area contributed by atoms with E-state index in [0.717, 1.165) is 24.1 Å². The summed E-state index contributed by atoms with van der Waals surface area (Å²) in [5.74, 6) is 0.411. The Labute approximate surface area is 189 Å². The van der Waals surface area contributed by atoms with Crippen molar-refractivity contribution in [2.45, 2.75) is 30.8 Å². The summed E-state index contributed by atoms with van der Waals surface area (Å²) < 4.78 is 10.9. The van der Waals surface area contributed by atoms with Gasteiger partial charge in [-0.2, -0.15) is 5.26 Å².